The number of rotatable bonds is 6. The lowest BCUT2D eigenvalue weighted by atomic mass is 10.1. The first-order chi connectivity index (χ1) is 12.9. The van der Waals surface area contributed by atoms with Crippen molar-refractivity contribution in [2.24, 2.45) is 0 Å². The average Bonchev–Trinajstić information content (AvgIpc) is 3.18. The van der Waals surface area contributed by atoms with Crippen LogP contribution in [0.2, 0.25) is 0 Å². The van der Waals surface area contributed by atoms with Crippen molar-refractivity contribution in [1.29, 1.82) is 0 Å². The highest BCUT2D eigenvalue weighted by atomic mass is 32.2. The summed E-state index contributed by atoms with van der Waals surface area (Å²) in [7, 11) is -2.62. The zero-order valence-electron chi connectivity index (χ0n) is 14.9. The highest BCUT2D eigenvalue weighted by Crippen LogP contribution is 2.23. The van der Waals surface area contributed by atoms with E-state index in [0.29, 0.717) is 5.69 Å². The second-order valence-corrected chi connectivity index (χ2v) is 8.05. The number of nitrogens with one attached hydrogen (secondary N) is 1. The Morgan fingerprint density at radius 3 is 2.41 bits per heavy atom. The molecule has 0 aromatic heterocycles. The predicted molar refractivity (Wildman–Crippen MR) is 99.7 cm³/mol. The van der Waals surface area contributed by atoms with Crippen LogP contribution in [0.1, 0.15) is 18.4 Å². The minimum Gasteiger partial charge on any atom is -0.494 e. The Morgan fingerprint density at radius 2 is 1.81 bits per heavy atom. The molecule has 1 fully saturated rings. The first-order valence-electron chi connectivity index (χ1n) is 8.62. The molecule has 1 amide bonds. The minimum atomic E-state index is -3.93. The predicted octanol–water partition coefficient (Wildman–Crippen LogP) is 2.80. The summed E-state index contributed by atoms with van der Waals surface area (Å²) < 4.78 is 45.8. The standard InChI is InChI=1S/C19H21FN2O4S/c1-26-18-9-8-16(13-17(18)20)27(24,25)21-15-6-4-14(5-7-15)12-19(23)22-10-2-3-11-22/h4-9,13,21H,2-3,10-12H2,1H3. The molecule has 3 rings (SSSR count). The normalized spacial score (nSPS) is 14.2. The van der Waals surface area contributed by atoms with Gasteiger partial charge in [-0.3, -0.25) is 9.52 Å². The Balaban J connectivity index is 1.68. The number of likely N-dealkylation sites (tertiary alicyclic amines) is 1. The number of carbonyl (C=O) groups excluding carboxylic acids is 1. The lowest BCUT2D eigenvalue weighted by Gasteiger charge is -2.15. The monoisotopic (exact) mass is 392 g/mol. The summed E-state index contributed by atoms with van der Waals surface area (Å²) in [6.07, 6.45) is 2.37. The zero-order valence-corrected chi connectivity index (χ0v) is 15.8. The molecule has 0 atom stereocenters. The maximum atomic E-state index is 13.8. The molecule has 144 valence electrons. The zero-order chi connectivity index (χ0) is 19.4. The molecule has 27 heavy (non-hydrogen) atoms. The Labute approximate surface area is 158 Å². The van der Waals surface area contributed by atoms with Crippen LogP contribution in [0.25, 0.3) is 0 Å². The van der Waals surface area contributed by atoms with Gasteiger partial charge in [0.15, 0.2) is 11.6 Å². The van der Waals surface area contributed by atoms with E-state index in [-0.39, 0.29) is 23.0 Å². The fourth-order valence-corrected chi connectivity index (χ4v) is 4.04. The number of ether oxygens (including phenoxy) is 1. The van der Waals surface area contributed by atoms with Crippen molar-refractivity contribution in [3.8, 4) is 5.75 Å². The second-order valence-electron chi connectivity index (χ2n) is 6.36. The van der Waals surface area contributed by atoms with Crippen LogP contribution in [-0.4, -0.2) is 39.4 Å². The number of carbonyl (C=O) groups is 1. The molecule has 1 aliphatic heterocycles. The van der Waals surface area contributed by atoms with Crippen LogP contribution in [0.15, 0.2) is 47.4 Å². The van der Waals surface area contributed by atoms with E-state index in [9.17, 15) is 17.6 Å². The quantitative estimate of drug-likeness (QED) is 0.820. The van der Waals surface area contributed by atoms with Gasteiger partial charge < -0.3 is 9.64 Å². The van der Waals surface area contributed by atoms with E-state index in [1.165, 1.54) is 19.2 Å². The fraction of sp³-hybridized carbons (Fsp3) is 0.316. The molecular formula is C19H21FN2O4S. The van der Waals surface area contributed by atoms with E-state index in [1.54, 1.807) is 24.3 Å². The van der Waals surface area contributed by atoms with Crippen molar-refractivity contribution in [3.63, 3.8) is 0 Å². The molecular weight excluding hydrogens is 371 g/mol. The van der Waals surface area contributed by atoms with E-state index in [4.69, 9.17) is 4.74 Å². The van der Waals surface area contributed by atoms with Gasteiger partial charge in [-0.25, -0.2) is 12.8 Å². The Kier molecular flexibility index (Phi) is 5.65. The first kappa shape index (κ1) is 19.2. The molecule has 1 saturated heterocycles. The van der Waals surface area contributed by atoms with Crippen LogP contribution in [0.5, 0.6) is 5.75 Å². The van der Waals surface area contributed by atoms with Crippen LogP contribution in [0, 0.1) is 5.82 Å². The number of hydrogen-bond acceptors (Lipinski definition) is 4. The molecule has 1 heterocycles. The van der Waals surface area contributed by atoms with Gasteiger partial charge >= 0.3 is 0 Å². The summed E-state index contributed by atoms with van der Waals surface area (Å²) in [5.41, 5.74) is 1.15. The number of anilines is 1. The Morgan fingerprint density at radius 1 is 1.15 bits per heavy atom. The maximum Gasteiger partial charge on any atom is 0.262 e. The average molecular weight is 392 g/mol. The van der Waals surface area contributed by atoms with Crippen LogP contribution < -0.4 is 9.46 Å². The summed E-state index contributed by atoms with van der Waals surface area (Å²) in [5.74, 6) is -0.702. The number of hydrogen-bond donors (Lipinski definition) is 1. The smallest absolute Gasteiger partial charge is 0.262 e. The molecule has 8 heteroatoms. The summed E-state index contributed by atoms with van der Waals surface area (Å²) in [6, 6.07) is 10.0. The van der Waals surface area contributed by atoms with Gasteiger partial charge in [-0.05, 0) is 48.7 Å². The summed E-state index contributed by atoms with van der Waals surface area (Å²) in [5, 5.41) is 0. The van der Waals surface area contributed by atoms with Gasteiger partial charge in [0.1, 0.15) is 0 Å². The largest absolute Gasteiger partial charge is 0.494 e. The highest BCUT2D eigenvalue weighted by Gasteiger charge is 2.19. The highest BCUT2D eigenvalue weighted by molar-refractivity contribution is 7.92. The SMILES string of the molecule is COc1ccc(S(=O)(=O)Nc2ccc(CC(=O)N3CCCC3)cc2)cc1F. The summed E-state index contributed by atoms with van der Waals surface area (Å²) in [6.45, 7) is 1.60. The maximum absolute atomic E-state index is 13.8. The molecule has 0 bridgehead atoms. The second kappa shape index (κ2) is 7.96. The molecule has 2 aromatic rings. The van der Waals surface area contributed by atoms with Crippen molar-refractivity contribution in [2.75, 3.05) is 24.9 Å². The van der Waals surface area contributed by atoms with Crippen molar-refractivity contribution in [2.45, 2.75) is 24.2 Å². The first-order valence-corrected chi connectivity index (χ1v) is 10.1. The van der Waals surface area contributed by atoms with Gasteiger partial charge in [-0.1, -0.05) is 12.1 Å². The van der Waals surface area contributed by atoms with Crippen molar-refractivity contribution >= 4 is 21.6 Å². The lowest BCUT2D eigenvalue weighted by Crippen LogP contribution is -2.29. The van der Waals surface area contributed by atoms with E-state index in [1.807, 2.05) is 4.90 Å². The molecule has 0 saturated carbocycles. The third kappa shape index (κ3) is 4.57. The van der Waals surface area contributed by atoms with Crippen molar-refractivity contribution in [1.82, 2.24) is 4.90 Å². The number of benzene rings is 2. The van der Waals surface area contributed by atoms with Crippen LogP contribution in [0.3, 0.4) is 0 Å². The summed E-state index contributed by atoms with van der Waals surface area (Å²) in [4.78, 5) is 13.8. The van der Waals surface area contributed by atoms with Gasteiger partial charge in [-0.2, -0.15) is 0 Å². The number of sulfonamides is 1. The number of methoxy groups -OCH3 is 1. The van der Waals surface area contributed by atoms with Crippen LogP contribution in [-0.2, 0) is 21.2 Å². The van der Waals surface area contributed by atoms with Gasteiger partial charge in [-0.15, -0.1) is 0 Å². The molecule has 0 radical (unpaired) electrons. The molecule has 6 nitrogen and oxygen atoms in total. The third-order valence-corrected chi connectivity index (χ3v) is 5.83. The van der Waals surface area contributed by atoms with E-state index < -0.39 is 15.8 Å². The third-order valence-electron chi connectivity index (χ3n) is 4.45. The summed E-state index contributed by atoms with van der Waals surface area (Å²) >= 11 is 0. The molecule has 0 aliphatic carbocycles. The van der Waals surface area contributed by atoms with E-state index in [2.05, 4.69) is 4.72 Å². The van der Waals surface area contributed by atoms with Crippen LogP contribution in [0.4, 0.5) is 10.1 Å². The Hall–Kier alpha value is -2.61. The molecule has 1 N–H and O–H groups in total. The van der Waals surface area contributed by atoms with E-state index >= 15 is 0 Å². The van der Waals surface area contributed by atoms with Gasteiger partial charge in [0.2, 0.25) is 5.91 Å². The molecule has 2 aromatic carbocycles. The number of halogens is 1. The molecule has 1 aliphatic rings. The van der Waals surface area contributed by atoms with Gasteiger partial charge in [0.05, 0.1) is 18.4 Å². The van der Waals surface area contributed by atoms with Crippen LogP contribution >= 0.6 is 0 Å². The van der Waals surface area contributed by atoms with Crippen molar-refractivity contribution < 1.29 is 22.3 Å². The molecule has 0 unspecified atom stereocenters. The molecule has 0 spiro atoms. The Bertz CT molecular complexity index is 923. The lowest BCUT2D eigenvalue weighted by molar-refractivity contribution is -0.129. The number of nitrogens with zero attached hydrogens (tertiary/aromatic N) is 1. The number of amides is 1. The minimum absolute atomic E-state index is 0.0269. The van der Waals surface area contributed by atoms with Crippen molar-refractivity contribution in [3.05, 3.63) is 53.8 Å². The van der Waals surface area contributed by atoms with Gasteiger partial charge in [0, 0.05) is 18.8 Å². The topological polar surface area (TPSA) is 75.7 Å². The van der Waals surface area contributed by atoms with E-state index in [0.717, 1.165) is 37.6 Å². The fourth-order valence-electron chi connectivity index (χ4n) is 2.97. The van der Waals surface area contributed by atoms with Gasteiger partial charge in [0.25, 0.3) is 10.0 Å².